The zero-order valence-electron chi connectivity index (χ0n) is 15.2. The van der Waals surface area contributed by atoms with Gasteiger partial charge >= 0.3 is 0 Å². The fourth-order valence-corrected chi connectivity index (χ4v) is 3.28. The molecule has 6 heteroatoms. The van der Waals surface area contributed by atoms with E-state index in [0.29, 0.717) is 11.6 Å². The van der Waals surface area contributed by atoms with E-state index in [2.05, 4.69) is 14.8 Å². The summed E-state index contributed by atoms with van der Waals surface area (Å²) >= 11 is 0. The van der Waals surface area contributed by atoms with Gasteiger partial charge in [-0.25, -0.2) is 14.4 Å². The van der Waals surface area contributed by atoms with Crippen molar-refractivity contribution < 1.29 is 9.13 Å². The molecule has 0 saturated carbocycles. The Morgan fingerprint density at radius 3 is 2.30 bits per heavy atom. The van der Waals surface area contributed by atoms with Gasteiger partial charge in [0.1, 0.15) is 11.6 Å². The lowest BCUT2D eigenvalue weighted by Crippen LogP contribution is -2.47. The Bertz CT molecular complexity index is 908. The molecule has 0 atom stereocenters. The first-order valence-electron chi connectivity index (χ1n) is 8.96. The smallest absolute Gasteiger partial charge is 0.225 e. The van der Waals surface area contributed by atoms with E-state index in [1.165, 1.54) is 6.07 Å². The molecule has 1 aromatic heterocycles. The molecule has 1 aliphatic heterocycles. The minimum absolute atomic E-state index is 0.177. The van der Waals surface area contributed by atoms with Crippen LogP contribution in [0, 0.1) is 5.82 Å². The minimum Gasteiger partial charge on any atom is -0.497 e. The quantitative estimate of drug-likeness (QED) is 0.707. The monoisotopic (exact) mass is 364 g/mol. The molecule has 4 rings (SSSR count). The van der Waals surface area contributed by atoms with Gasteiger partial charge in [-0.05, 0) is 42.5 Å². The first-order valence-corrected chi connectivity index (χ1v) is 8.96. The van der Waals surface area contributed by atoms with Crippen LogP contribution in [0.1, 0.15) is 0 Å². The Morgan fingerprint density at radius 2 is 1.59 bits per heavy atom. The molecule has 0 radical (unpaired) electrons. The molecule has 27 heavy (non-hydrogen) atoms. The van der Waals surface area contributed by atoms with Gasteiger partial charge in [0.25, 0.3) is 0 Å². The molecule has 0 unspecified atom stereocenters. The Hall–Kier alpha value is -3.15. The molecule has 0 bridgehead atoms. The Kier molecular flexibility index (Phi) is 4.87. The number of methoxy groups -OCH3 is 1. The number of nitrogens with zero attached hydrogens (tertiary/aromatic N) is 4. The molecule has 0 amide bonds. The van der Waals surface area contributed by atoms with E-state index in [9.17, 15) is 4.39 Å². The fourth-order valence-electron chi connectivity index (χ4n) is 3.28. The molecule has 2 heterocycles. The lowest BCUT2D eigenvalue weighted by molar-refractivity contribution is 0.415. The van der Waals surface area contributed by atoms with Crippen LogP contribution in [0.5, 0.6) is 5.75 Å². The second-order valence-corrected chi connectivity index (χ2v) is 6.40. The van der Waals surface area contributed by atoms with Crippen molar-refractivity contribution in [2.24, 2.45) is 0 Å². The third-order valence-electron chi connectivity index (χ3n) is 4.78. The van der Waals surface area contributed by atoms with E-state index in [4.69, 9.17) is 9.72 Å². The van der Waals surface area contributed by atoms with Crippen LogP contribution in [-0.4, -0.2) is 43.3 Å². The molecule has 138 valence electrons. The minimum atomic E-state index is -0.177. The Morgan fingerprint density at radius 1 is 0.889 bits per heavy atom. The first kappa shape index (κ1) is 17.3. The van der Waals surface area contributed by atoms with Crippen LogP contribution in [0.3, 0.4) is 0 Å². The maximum Gasteiger partial charge on any atom is 0.225 e. The summed E-state index contributed by atoms with van der Waals surface area (Å²) in [5.74, 6) is 1.34. The normalized spacial score (nSPS) is 14.3. The van der Waals surface area contributed by atoms with Gasteiger partial charge in [-0.3, -0.25) is 0 Å². The molecule has 0 aliphatic carbocycles. The van der Waals surface area contributed by atoms with E-state index in [-0.39, 0.29) is 5.82 Å². The molecule has 1 aliphatic rings. The second kappa shape index (κ2) is 7.61. The van der Waals surface area contributed by atoms with Crippen LogP contribution in [0.25, 0.3) is 11.3 Å². The lowest BCUT2D eigenvalue weighted by Gasteiger charge is -2.36. The van der Waals surface area contributed by atoms with Crippen LogP contribution in [-0.2, 0) is 0 Å². The van der Waals surface area contributed by atoms with Gasteiger partial charge in [0.05, 0.1) is 18.5 Å². The lowest BCUT2D eigenvalue weighted by atomic mass is 10.1. The molecular formula is C21H21FN4O. The van der Waals surface area contributed by atoms with Gasteiger partial charge < -0.3 is 14.5 Å². The zero-order chi connectivity index (χ0) is 18.6. The summed E-state index contributed by atoms with van der Waals surface area (Å²) in [6, 6.07) is 16.6. The van der Waals surface area contributed by atoms with Gasteiger partial charge in [0.2, 0.25) is 5.95 Å². The highest BCUT2D eigenvalue weighted by molar-refractivity contribution is 5.61. The van der Waals surface area contributed by atoms with Crippen LogP contribution in [0.15, 0.2) is 60.8 Å². The molecule has 1 fully saturated rings. The number of rotatable bonds is 4. The van der Waals surface area contributed by atoms with Crippen molar-refractivity contribution in [3.05, 3.63) is 66.6 Å². The van der Waals surface area contributed by atoms with Gasteiger partial charge in [-0.2, -0.15) is 0 Å². The van der Waals surface area contributed by atoms with Crippen molar-refractivity contribution in [2.45, 2.75) is 0 Å². The number of aromatic nitrogens is 2. The summed E-state index contributed by atoms with van der Waals surface area (Å²) in [7, 11) is 1.65. The van der Waals surface area contributed by atoms with Crippen molar-refractivity contribution in [3.63, 3.8) is 0 Å². The molecular weight excluding hydrogens is 343 g/mol. The van der Waals surface area contributed by atoms with E-state index in [1.54, 1.807) is 19.4 Å². The number of ether oxygens (including phenoxy) is 1. The molecule has 3 aromatic rings. The van der Waals surface area contributed by atoms with Crippen molar-refractivity contribution >= 4 is 11.6 Å². The van der Waals surface area contributed by atoms with E-state index >= 15 is 0 Å². The summed E-state index contributed by atoms with van der Waals surface area (Å²) in [6.45, 7) is 2.97. The molecule has 0 spiro atoms. The number of anilines is 2. The number of hydrogen-bond donors (Lipinski definition) is 0. The predicted molar refractivity (Wildman–Crippen MR) is 105 cm³/mol. The standard InChI is InChI=1S/C21H21FN4O/c1-27-17-8-6-16(7-9-17)19-10-11-23-21(24-19)26-14-12-25(13-15-26)20-5-3-2-4-18(20)22/h2-11H,12-15H2,1H3. The largest absolute Gasteiger partial charge is 0.497 e. The molecule has 2 aromatic carbocycles. The number of halogens is 1. The average Bonchev–Trinajstić information content (AvgIpc) is 2.74. The van der Waals surface area contributed by atoms with Crippen LogP contribution in [0.2, 0.25) is 0 Å². The number of hydrogen-bond acceptors (Lipinski definition) is 5. The van der Waals surface area contributed by atoms with E-state index < -0.39 is 0 Å². The average molecular weight is 364 g/mol. The summed E-state index contributed by atoms with van der Waals surface area (Å²) in [4.78, 5) is 13.4. The third-order valence-corrected chi connectivity index (χ3v) is 4.78. The predicted octanol–water partition coefficient (Wildman–Crippen LogP) is 3.62. The highest BCUT2D eigenvalue weighted by Crippen LogP contribution is 2.24. The first-order chi connectivity index (χ1) is 13.2. The van der Waals surface area contributed by atoms with Crippen molar-refractivity contribution in [1.29, 1.82) is 0 Å². The number of benzene rings is 2. The highest BCUT2D eigenvalue weighted by Gasteiger charge is 2.21. The fraction of sp³-hybridized carbons (Fsp3) is 0.238. The van der Waals surface area contributed by atoms with Gasteiger partial charge in [-0.1, -0.05) is 12.1 Å². The Labute approximate surface area is 158 Å². The summed E-state index contributed by atoms with van der Waals surface area (Å²) < 4.78 is 19.2. The van der Waals surface area contributed by atoms with Crippen LogP contribution in [0.4, 0.5) is 16.0 Å². The number of piperazine rings is 1. The highest BCUT2D eigenvalue weighted by atomic mass is 19.1. The maximum atomic E-state index is 14.0. The van der Waals surface area contributed by atoms with Gasteiger partial charge in [-0.15, -0.1) is 0 Å². The van der Waals surface area contributed by atoms with Gasteiger partial charge in [0, 0.05) is 37.9 Å². The van der Waals surface area contributed by atoms with Crippen molar-refractivity contribution in [1.82, 2.24) is 9.97 Å². The SMILES string of the molecule is COc1ccc(-c2ccnc(N3CCN(c4ccccc4F)CC3)n2)cc1. The van der Waals surface area contributed by atoms with E-state index in [0.717, 1.165) is 43.2 Å². The summed E-state index contributed by atoms with van der Waals surface area (Å²) in [5, 5.41) is 0. The molecule has 5 nitrogen and oxygen atoms in total. The van der Waals surface area contributed by atoms with Gasteiger partial charge in [0.15, 0.2) is 0 Å². The zero-order valence-corrected chi connectivity index (χ0v) is 15.2. The third kappa shape index (κ3) is 3.69. The number of para-hydroxylation sites is 1. The summed E-state index contributed by atoms with van der Waals surface area (Å²) in [6.07, 6.45) is 1.78. The Balaban J connectivity index is 1.48. The van der Waals surface area contributed by atoms with Crippen LogP contribution < -0.4 is 14.5 Å². The second-order valence-electron chi connectivity index (χ2n) is 6.40. The topological polar surface area (TPSA) is 41.5 Å². The molecule has 0 N–H and O–H groups in total. The van der Waals surface area contributed by atoms with E-state index in [1.807, 2.05) is 42.5 Å². The maximum absolute atomic E-state index is 14.0. The van der Waals surface area contributed by atoms with Crippen molar-refractivity contribution in [2.75, 3.05) is 43.1 Å². The van der Waals surface area contributed by atoms with Crippen molar-refractivity contribution in [3.8, 4) is 17.0 Å². The summed E-state index contributed by atoms with van der Waals surface area (Å²) in [5.41, 5.74) is 2.55. The molecule has 1 saturated heterocycles. The van der Waals surface area contributed by atoms with Crippen LogP contribution >= 0.6 is 0 Å².